The topological polar surface area (TPSA) is 0 Å². The van der Waals surface area contributed by atoms with Crippen LogP contribution in [0.3, 0.4) is 0 Å². The lowest BCUT2D eigenvalue weighted by Crippen LogP contribution is -2.62. The third-order valence-electron chi connectivity index (χ3n) is 11.7. The monoisotopic (exact) mass is 410 g/mol. The Kier molecular flexibility index (Phi) is 5.68. The molecule has 0 unspecified atom stereocenters. The quantitative estimate of drug-likeness (QED) is 0.405. The minimum absolute atomic E-state index is 0.523. The molecule has 0 heterocycles. The summed E-state index contributed by atoms with van der Waals surface area (Å²) in [4.78, 5) is 0. The van der Waals surface area contributed by atoms with E-state index >= 15 is 0 Å². The predicted octanol–water partition coefficient (Wildman–Crippen LogP) is 9.36. The van der Waals surface area contributed by atoms with Crippen LogP contribution >= 0.6 is 0 Å². The second kappa shape index (κ2) is 7.52. The Morgan fingerprint density at radius 3 is 2.23 bits per heavy atom. The summed E-state index contributed by atoms with van der Waals surface area (Å²) >= 11 is 0. The van der Waals surface area contributed by atoms with E-state index in [1.54, 1.807) is 5.57 Å². The average Bonchev–Trinajstić information content (AvgIpc) is 2.99. The van der Waals surface area contributed by atoms with Crippen LogP contribution < -0.4 is 0 Å². The van der Waals surface area contributed by atoms with Crippen LogP contribution in [0.4, 0.5) is 0 Å². The molecule has 0 amide bonds. The first-order valence-corrected chi connectivity index (χ1v) is 13.3. The van der Waals surface area contributed by atoms with E-state index in [-0.39, 0.29) is 0 Å². The van der Waals surface area contributed by atoms with Crippen LogP contribution in [0.25, 0.3) is 0 Å². The van der Waals surface area contributed by atoms with Crippen LogP contribution in [0.5, 0.6) is 0 Å². The fourth-order valence-electron chi connectivity index (χ4n) is 10.1. The van der Waals surface area contributed by atoms with Crippen molar-refractivity contribution in [3.05, 3.63) is 23.8 Å². The van der Waals surface area contributed by atoms with Gasteiger partial charge in [0.1, 0.15) is 0 Å². The molecule has 0 aromatic carbocycles. The lowest BCUT2D eigenvalue weighted by molar-refractivity contribution is -0.201. The van der Waals surface area contributed by atoms with Crippen LogP contribution in [-0.4, -0.2) is 0 Å². The van der Waals surface area contributed by atoms with Gasteiger partial charge in [0.2, 0.25) is 0 Å². The Morgan fingerprint density at radius 2 is 1.53 bits per heavy atom. The Hall–Kier alpha value is -0.520. The van der Waals surface area contributed by atoms with Gasteiger partial charge < -0.3 is 0 Å². The van der Waals surface area contributed by atoms with Crippen LogP contribution in [0.15, 0.2) is 23.8 Å². The summed E-state index contributed by atoms with van der Waals surface area (Å²) in [7, 11) is 0. The van der Waals surface area contributed by atoms with E-state index in [0.717, 1.165) is 23.7 Å². The average molecular weight is 411 g/mol. The van der Waals surface area contributed by atoms with E-state index in [4.69, 9.17) is 0 Å². The molecule has 0 spiro atoms. The summed E-state index contributed by atoms with van der Waals surface area (Å²) in [6, 6.07) is 0. The van der Waals surface area contributed by atoms with Gasteiger partial charge in [-0.1, -0.05) is 64.8 Å². The van der Waals surface area contributed by atoms with Crippen molar-refractivity contribution in [3.63, 3.8) is 0 Å². The lowest BCUT2D eigenvalue weighted by atomic mass is 9.36. The molecule has 7 atom stereocenters. The van der Waals surface area contributed by atoms with Gasteiger partial charge in [-0.05, 0) is 123 Å². The van der Waals surface area contributed by atoms with Gasteiger partial charge in [-0.2, -0.15) is 0 Å². The van der Waals surface area contributed by atoms with Crippen molar-refractivity contribution in [2.45, 2.75) is 119 Å². The highest BCUT2D eigenvalue weighted by Crippen LogP contribution is 2.75. The molecule has 0 bridgehead atoms. The second-order valence-corrected chi connectivity index (χ2v) is 13.6. The van der Waals surface area contributed by atoms with Gasteiger partial charge in [-0.15, -0.1) is 0 Å². The smallest absolute Gasteiger partial charge is 0.0172 e. The summed E-state index contributed by atoms with van der Waals surface area (Å²) in [5, 5.41) is 0. The first-order valence-electron chi connectivity index (χ1n) is 13.3. The number of hydrogen-bond acceptors (Lipinski definition) is 0. The number of allylic oxidation sites excluding steroid dienone is 3. The highest BCUT2D eigenvalue weighted by molar-refractivity contribution is 5.20. The molecular formula is C30H50. The predicted molar refractivity (Wildman–Crippen MR) is 131 cm³/mol. The van der Waals surface area contributed by atoms with E-state index < -0.39 is 0 Å². The minimum Gasteiger partial charge on any atom is -0.0996 e. The van der Waals surface area contributed by atoms with Gasteiger partial charge in [0, 0.05) is 0 Å². The van der Waals surface area contributed by atoms with Crippen LogP contribution in [0.1, 0.15) is 119 Å². The first-order chi connectivity index (χ1) is 14.0. The molecule has 0 N–H and O–H groups in total. The zero-order chi connectivity index (χ0) is 21.9. The van der Waals surface area contributed by atoms with Crippen LogP contribution in [-0.2, 0) is 0 Å². The molecule has 0 heteroatoms. The number of rotatable bonds is 4. The molecule has 30 heavy (non-hydrogen) atoms. The van der Waals surface area contributed by atoms with Gasteiger partial charge in [0.25, 0.3) is 0 Å². The van der Waals surface area contributed by atoms with Gasteiger partial charge in [-0.3, -0.25) is 0 Å². The van der Waals surface area contributed by atoms with E-state index in [9.17, 15) is 0 Å². The van der Waals surface area contributed by atoms with E-state index in [0.29, 0.717) is 21.7 Å². The lowest BCUT2D eigenvalue weighted by Gasteiger charge is -2.69. The molecule has 0 radical (unpaired) electrons. The SMILES string of the molecule is C=C(CCC=C(C)C)[C@@H]1CC[C@]2(C)[C@@H]1CC[C@@H]1[C@@]3(C)CCCC(C)(C)[C@@H]3CC[C@]12C. The van der Waals surface area contributed by atoms with Crippen molar-refractivity contribution in [2.75, 3.05) is 0 Å². The van der Waals surface area contributed by atoms with Crippen molar-refractivity contribution >= 4 is 0 Å². The van der Waals surface area contributed by atoms with E-state index in [2.05, 4.69) is 61.1 Å². The van der Waals surface area contributed by atoms with Crippen molar-refractivity contribution in [3.8, 4) is 0 Å². The van der Waals surface area contributed by atoms with Crippen molar-refractivity contribution in [1.82, 2.24) is 0 Å². The molecule has 0 nitrogen and oxygen atoms in total. The largest absolute Gasteiger partial charge is 0.0996 e. The highest BCUT2D eigenvalue weighted by atomic mass is 14.7. The number of hydrogen-bond donors (Lipinski definition) is 0. The van der Waals surface area contributed by atoms with E-state index in [1.165, 1.54) is 76.2 Å². The summed E-state index contributed by atoms with van der Waals surface area (Å²) in [6.45, 7) is 22.5. The van der Waals surface area contributed by atoms with Crippen molar-refractivity contribution in [1.29, 1.82) is 0 Å². The normalized spacial score (nSPS) is 47.0. The maximum Gasteiger partial charge on any atom is -0.0172 e. The Morgan fingerprint density at radius 1 is 0.833 bits per heavy atom. The molecule has 0 aromatic rings. The van der Waals surface area contributed by atoms with Gasteiger partial charge >= 0.3 is 0 Å². The molecular weight excluding hydrogens is 360 g/mol. The second-order valence-electron chi connectivity index (χ2n) is 13.6. The fraction of sp³-hybridized carbons (Fsp3) is 0.867. The standard InChI is InChI=1S/C30H50/c1-21(2)11-9-12-22(3)23-15-19-29(7)24(23)13-14-26-28(6)18-10-17-27(4,5)25(28)16-20-30(26,29)8/h11,23-26H,3,9-10,12-20H2,1-2,4-8H3/t23-,24+,25-,26+,28-,29+,30+/m0/s1. The molecule has 4 rings (SSSR count). The minimum atomic E-state index is 0.523. The zero-order valence-electron chi connectivity index (χ0n) is 21.4. The third kappa shape index (κ3) is 3.21. The maximum absolute atomic E-state index is 4.65. The summed E-state index contributed by atoms with van der Waals surface area (Å²) in [6.07, 6.45) is 17.9. The Bertz CT molecular complexity index is 706. The molecule has 4 saturated carbocycles. The fourth-order valence-corrected chi connectivity index (χ4v) is 10.1. The maximum atomic E-state index is 4.65. The summed E-state index contributed by atoms with van der Waals surface area (Å²) in [5.74, 6) is 3.54. The third-order valence-corrected chi connectivity index (χ3v) is 11.7. The molecule has 0 saturated heterocycles. The summed E-state index contributed by atoms with van der Waals surface area (Å²) < 4.78 is 0. The molecule has 4 aliphatic carbocycles. The van der Waals surface area contributed by atoms with Crippen LogP contribution in [0.2, 0.25) is 0 Å². The van der Waals surface area contributed by atoms with Gasteiger partial charge in [0.15, 0.2) is 0 Å². The first kappa shape index (κ1) is 22.7. The molecule has 0 aromatic heterocycles. The zero-order valence-corrected chi connectivity index (χ0v) is 21.4. The molecule has 4 fully saturated rings. The molecule has 0 aliphatic heterocycles. The van der Waals surface area contributed by atoms with Crippen molar-refractivity contribution < 1.29 is 0 Å². The number of fused-ring (bicyclic) bond motifs is 5. The van der Waals surface area contributed by atoms with Gasteiger partial charge in [0.05, 0.1) is 0 Å². The molecule has 4 aliphatic rings. The molecule has 170 valence electrons. The van der Waals surface area contributed by atoms with E-state index in [1.807, 2.05) is 0 Å². The van der Waals surface area contributed by atoms with Gasteiger partial charge in [-0.25, -0.2) is 0 Å². The summed E-state index contributed by atoms with van der Waals surface area (Å²) in [5.41, 5.74) is 5.19. The Balaban J connectivity index is 1.58. The Labute approximate surface area is 188 Å². The van der Waals surface area contributed by atoms with Crippen LogP contribution in [0, 0.1) is 45.3 Å². The highest BCUT2D eigenvalue weighted by Gasteiger charge is 2.67. The van der Waals surface area contributed by atoms with Crippen molar-refractivity contribution in [2.24, 2.45) is 45.3 Å².